The van der Waals surface area contributed by atoms with E-state index >= 15 is 0 Å². The largest absolute Gasteiger partial charge is 0.383 e. The Morgan fingerprint density at radius 3 is 2.86 bits per heavy atom. The fourth-order valence-corrected chi connectivity index (χ4v) is 2.58. The number of nitrogens with zero attached hydrogens (tertiary/aromatic N) is 3. The Balaban J connectivity index is 1.83. The van der Waals surface area contributed by atoms with Crippen molar-refractivity contribution in [3.8, 4) is 16.9 Å². The molecule has 4 rings (SSSR count). The quantitative estimate of drug-likeness (QED) is 0.616. The molecule has 0 aliphatic carbocycles. The summed E-state index contributed by atoms with van der Waals surface area (Å²) in [6, 6.07) is 11.9. The third-order valence-electron chi connectivity index (χ3n) is 3.67. The van der Waals surface area contributed by atoms with Gasteiger partial charge in [0.05, 0.1) is 11.7 Å². The van der Waals surface area contributed by atoms with Crippen LogP contribution in [0.3, 0.4) is 0 Å². The van der Waals surface area contributed by atoms with E-state index in [1.54, 1.807) is 6.20 Å². The number of anilines is 1. The van der Waals surface area contributed by atoms with E-state index in [2.05, 4.69) is 15.0 Å². The van der Waals surface area contributed by atoms with Gasteiger partial charge in [0.15, 0.2) is 12.4 Å². The number of aromatic amines is 1. The minimum absolute atomic E-state index is 0.503. The molecule has 0 atom stereocenters. The maximum absolute atomic E-state index is 6.15. The van der Waals surface area contributed by atoms with E-state index in [1.165, 1.54) is 0 Å². The van der Waals surface area contributed by atoms with Crippen molar-refractivity contribution in [2.24, 2.45) is 0 Å². The van der Waals surface area contributed by atoms with Crippen molar-refractivity contribution in [2.75, 3.05) is 5.73 Å². The third kappa shape index (κ3) is 2.00. The lowest BCUT2D eigenvalue weighted by Gasteiger charge is -2.08. The molecule has 0 fully saturated rings. The highest BCUT2D eigenvalue weighted by Crippen LogP contribution is 2.25. The van der Waals surface area contributed by atoms with Gasteiger partial charge in [-0.3, -0.25) is 9.55 Å². The summed E-state index contributed by atoms with van der Waals surface area (Å²) >= 11 is 0. The molecule has 0 amide bonds. The summed E-state index contributed by atoms with van der Waals surface area (Å²) in [5.41, 5.74) is 9.08. The van der Waals surface area contributed by atoms with Gasteiger partial charge < -0.3 is 5.73 Å². The van der Waals surface area contributed by atoms with Crippen molar-refractivity contribution in [1.29, 1.82) is 0 Å². The fraction of sp³-hybridized carbons (Fsp3) is 0. The summed E-state index contributed by atoms with van der Waals surface area (Å²) in [5, 5.41) is 1.12. The van der Waals surface area contributed by atoms with Crippen LogP contribution in [0.25, 0.3) is 27.8 Å². The number of aromatic nitrogens is 4. The Kier molecular flexibility index (Phi) is 2.83. The number of rotatable bonds is 2. The van der Waals surface area contributed by atoms with Gasteiger partial charge in [-0.15, -0.1) is 0 Å². The number of nitrogen functional groups attached to an aromatic ring is 1. The van der Waals surface area contributed by atoms with Crippen LogP contribution in [-0.4, -0.2) is 14.5 Å². The molecule has 5 heteroatoms. The zero-order valence-electron chi connectivity index (χ0n) is 11.8. The molecule has 0 saturated carbocycles. The molecule has 0 aromatic carbocycles. The number of fused-ring (bicyclic) bond motifs is 1. The highest BCUT2D eigenvalue weighted by Gasteiger charge is 2.09. The van der Waals surface area contributed by atoms with Crippen molar-refractivity contribution in [1.82, 2.24) is 14.5 Å². The van der Waals surface area contributed by atoms with Crippen molar-refractivity contribution in [3.63, 3.8) is 0 Å². The molecule has 0 aliphatic heterocycles. The maximum Gasteiger partial charge on any atom is 0.175 e. The summed E-state index contributed by atoms with van der Waals surface area (Å²) in [6.07, 6.45) is 9.35. The van der Waals surface area contributed by atoms with Gasteiger partial charge in [0.25, 0.3) is 0 Å². The SMILES string of the molecule is Nc1nc(-n2ccc3ccncc32)ccc1-c1ccc[nH+]c1. The normalized spacial score (nSPS) is 10.9. The maximum atomic E-state index is 6.15. The first-order chi connectivity index (χ1) is 10.8. The summed E-state index contributed by atoms with van der Waals surface area (Å²) < 4.78 is 1.99. The summed E-state index contributed by atoms with van der Waals surface area (Å²) in [7, 11) is 0. The van der Waals surface area contributed by atoms with E-state index in [0.29, 0.717) is 5.82 Å². The lowest BCUT2D eigenvalue weighted by atomic mass is 10.1. The second kappa shape index (κ2) is 4.96. The molecule has 106 valence electrons. The number of nitrogens with one attached hydrogen (secondary N) is 1. The zero-order valence-corrected chi connectivity index (χ0v) is 11.8. The van der Waals surface area contributed by atoms with Gasteiger partial charge in [-0.05, 0) is 30.3 Å². The van der Waals surface area contributed by atoms with Gasteiger partial charge >= 0.3 is 0 Å². The van der Waals surface area contributed by atoms with Gasteiger partial charge in [-0.2, -0.15) is 0 Å². The lowest BCUT2D eigenvalue weighted by molar-refractivity contribution is -0.377. The Morgan fingerprint density at radius 2 is 2.05 bits per heavy atom. The molecule has 22 heavy (non-hydrogen) atoms. The minimum Gasteiger partial charge on any atom is -0.383 e. The van der Waals surface area contributed by atoms with E-state index in [-0.39, 0.29) is 0 Å². The van der Waals surface area contributed by atoms with Crippen molar-refractivity contribution < 1.29 is 4.98 Å². The summed E-state index contributed by atoms with van der Waals surface area (Å²) in [6.45, 7) is 0. The highest BCUT2D eigenvalue weighted by atomic mass is 15.1. The highest BCUT2D eigenvalue weighted by molar-refractivity contribution is 5.81. The predicted octanol–water partition coefficient (Wildman–Crippen LogP) is 2.48. The molecule has 4 aromatic rings. The van der Waals surface area contributed by atoms with E-state index in [0.717, 1.165) is 27.8 Å². The average Bonchev–Trinajstić information content (AvgIpc) is 2.99. The van der Waals surface area contributed by atoms with E-state index in [9.17, 15) is 0 Å². The van der Waals surface area contributed by atoms with Crippen LogP contribution < -0.4 is 10.7 Å². The number of hydrogen-bond donors (Lipinski definition) is 1. The molecule has 5 nitrogen and oxygen atoms in total. The van der Waals surface area contributed by atoms with Crippen LogP contribution in [0.2, 0.25) is 0 Å². The van der Waals surface area contributed by atoms with Gasteiger partial charge in [-0.1, -0.05) is 0 Å². The molecular formula is C17H14N5+. The monoisotopic (exact) mass is 288 g/mol. The van der Waals surface area contributed by atoms with Crippen LogP contribution in [-0.2, 0) is 0 Å². The first-order valence-electron chi connectivity index (χ1n) is 6.97. The second-order valence-corrected chi connectivity index (χ2v) is 5.01. The number of nitrogens with two attached hydrogens (primary N) is 1. The Bertz CT molecular complexity index is 944. The molecule has 0 unspecified atom stereocenters. The van der Waals surface area contributed by atoms with E-state index in [1.807, 2.05) is 65.8 Å². The van der Waals surface area contributed by atoms with Crippen LogP contribution >= 0.6 is 0 Å². The van der Waals surface area contributed by atoms with Crippen LogP contribution in [0.1, 0.15) is 0 Å². The zero-order chi connectivity index (χ0) is 14.9. The Morgan fingerprint density at radius 1 is 1.09 bits per heavy atom. The van der Waals surface area contributed by atoms with Gasteiger partial charge in [-0.25, -0.2) is 9.97 Å². The molecule has 4 heterocycles. The second-order valence-electron chi connectivity index (χ2n) is 5.01. The van der Waals surface area contributed by atoms with Gasteiger partial charge in [0.1, 0.15) is 11.6 Å². The molecule has 3 N–H and O–H groups in total. The average molecular weight is 288 g/mol. The van der Waals surface area contributed by atoms with E-state index < -0.39 is 0 Å². The van der Waals surface area contributed by atoms with Crippen molar-refractivity contribution >= 4 is 16.7 Å². The number of H-pyrrole nitrogens is 1. The molecule has 0 spiro atoms. The topological polar surface area (TPSA) is 70.9 Å². The first-order valence-corrected chi connectivity index (χ1v) is 6.97. The van der Waals surface area contributed by atoms with Crippen LogP contribution in [0.4, 0.5) is 5.82 Å². The minimum atomic E-state index is 0.503. The van der Waals surface area contributed by atoms with Crippen LogP contribution in [0, 0.1) is 0 Å². The predicted molar refractivity (Wildman–Crippen MR) is 85.3 cm³/mol. The fourth-order valence-electron chi connectivity index (χ4n) is 2.58. The molecule has 0 saturated heterocycles. The Hall–Kier alpha value is -3.21. The molecular weight excluding hydrogens is 274 g/mol. The Labute approximate surface area is 127 Å². The third-order valence-corrected chi connectivity index (χ3v) is 3.67. The van der Waals surface area contributed by atoms with Gasteiger partial charge in [0.2, 0.25) is 0 Å². The standard InChI is InChI=1S/C17H13N5/c18-17-14(13-2-1-7-19-10-13)3-4-16(21-17)22-9-6-12-5-8-20-11-15(12)22/h1-11H,(H2,18,21)/p+1. The molecule has 0 radical (unpaired) electrons. The smallest absolute Gasteiger partial charge is 0.175 e. The molecule has 0 aliphatic rings. The molecule has 0 bridgehead atoms. The van der Waals surface area contributed by atoms with E-state index in [4.69, 9.17) is 5.73 Å². The summed E-state index contributed by atoms with van der Waals surface area (Å²) in [5.74, 6) is 1.28. The van der Waals surface area contributed by atoms with Crippen molar-refractivity contribution in [2.45, 2.75) is 0 Å². The number of hydrogen-bond acceptors (Lipinski definition) is 3. The first kappa shape index (κ1) is 12.5. The number of pyridine rings is 3. The van der Waals surface area contributed by atoms with Crippen LogP contribution in [0.15, 0.2) is 67.4 Å². The van der Waals surface area contributed by atoms with Crippen molar-refractivity contribution in [3.05, 3.63) is 67.4 Å². The summed E-state index contributed by atoms with van der Waals surface area (Å²) in [4.78, 5) is 11.8. The van der Waals surface area contributed by atoms with Crippen LogP contribution in [0.5, 0.6) is 0 Å². The van der Waals surface area contributed by atoms with Gasteiger partial charge in [0, 0.05) is 35.0 Å². The molecule has 4 aromatic heterocycles. The lowest BCUT2D eigenvalue weighted by Crippen LogP contribution is -2.03.